The van der Waals surface area contributed by atoms with Crippen LogP contribution < -0.4 is 20.1 Å². The highest BCUT2D eigenvalue weighted by Gasteiger charge is 2.31. The van der Waals surface area contributed by atoms with Gasteiger partial charge in [-0.25, -0.2) is 0 Å². The van der Waals surface area contributed by atoms with E-state index in [1.54, 1.807) is 6.07 Å². The van der Waals surface area contributed by atoms with Gasteiger partial charge >= 0.3 is 6.36 Å². The van der Waals surface area contributed by atoms with E-state index in [1.165, 1.54) is 12.1 Å². The molecule has 8 heteroatoms. The molecule has 0 fully saturated rings. The second kappa shape index (κ2) is 6.54. The third-order valence-corrected chi connectivity index (χ3v) is 3.51. The second-order valence-electron chi connectivity index (χ2n) is 5.55. The highest BCUT2D eigenvalue weighted by atomic mass is 19.4. The SMILES string of the molecule is Cc1ccc2c(c1)OC(C(=O)Nc1cccc(OC(F)(F)F)c1)CN2. The van der Waals surface area contributed by atoms with E-state index in [-0.39, 0.29) is 12.2 Å². The molecule has 132 valence electrons. The normalized spacial score (nSPS) is 16.2. The Morgan fingerprint density at radius 3 is 2.84 bits per heavy atom. The van der Waals surface area contributed by atoms with E-state index in [2.05, 4.69) is 15.4 Å². The van der Waals surface area contributed by atoms with Crippen LogP contribution in [0, 0.1) is 6.92 Å². The van der Waals surface area contributed by atoms with Crippen LogP contribution in [0.2, 0.25) is 0 Å². The number of aryl methyl sites for hydroxylation is 1. The summed E-state index contributed by atoms with van der Waals surface area (Å²) in [6.45, 7) is 2.15. The van der Waals surface area contributed by atoms with Gasteiger partial charge in [0.05, 0.1) is 12.2 Å². The van der Waals surface area contributed by atoms with Crippen LogP contribution in [0.3, 0.4) is 0 Å². The molecule has 2 aromatic carbocycles. The first-order valence-electron chi connectivity index (χ1n) is 7.48. The number of carbonyl (C=O) groups is 1. The summed E-state index contributed by atoms with van der Waals surface area (Å²) in [5.74, 6) is -0.321. The zero-order valence-corrected chi connectivity index (χ0v) is 13.2. The van der Waals surface area contributed by atoms with E-state index in [1.807, 2.05) is 19.1 Å². The first-order valence-corrected chi connectivity index (χ1v) is 7.48. The van der Waals surface area contributed by atoms with Gasteiger partial charge in [0.15, 0.2) is 6.10 Å². The fourth-order valence-corrected chi connectivity index (χ4v) is 2.41. The first kappa shape index (κ1) is 16.9. The zero-order valence-electron chi connectivity index (χ0n) is 13.2. The molecule has 0 radical (unpaired) electrons. The Kier molecular flexibility index (Phi) is 4.43. The van der Waals surface area contributed by atoms with E-state index < -0.39 is 24.1 Å². The summed E-state index contributed by atoms with van der Waals surface area (Å²) < 4.78 is 46.3. The van der Waals surface area contributed by atoms with Crippen molar-refractivity contribution in [2.45, 2.75) is 19.4 Å². The second-order valence-corrected chi connectivity index (χ2v) is 5.55. The van der Waals surface area contributed by atoms with Crippen LogP contribution in [0.4, 0.5) is 24.5 Å². The molecule has 1 aliphatic heterocycles. The number of carbonyl (C=O) groups excluding carboxylic acids is 1. The highest BCUT2D eigenvalue weighted by molar-refractivity contribution is 5.95. The fourth-order valence-electron chi connectivity index (χ4n) is 2.41. The lowest BCUT2D eigenvalue weighted by Crippen LogP contribution is -2.41. The van der Waals surface area contributed by atoms with Gasteiger partial charge in [-0.3, -0.25) is 4.79 Å². The molecule has 1 heterocycles. The van der Waals surface area contributed by atoms with Crippen molar-refractivity contribution in [2.75, 3.05) is 17.2 Å². The molecule has 5 nitrogen and oxygen atoms in total. The summed E-state index contributed by atoms with van der Waals surface area (Å²) in [6.07, 6.45) is -5.60. The third-order valence-electron chi connectivity index (χ3n) is 3.51. The van der Waals surface area contributed by atoms with Gasteiger partial charge in [-0.2, -0.15) is 0 Å². The molecule has 1 amide bonds. The maximum atomic E-state index is 12.3. The van der Waals surface area contributed by atoms with Crippen LogP contribution in [0.1, 0.15) is 5.56 Å². The van der Waals surface area contributed by atoms with Crippen LogP contribution in [0.15, 0.2) is 42.5 Å². The molecule has 0 bridgehead atoms. The Morgan fingerprint density at radius 2 is 2.08 bits per heavy atom. The van der Waals surface area contributed by atoms with Gasteiger partial charge in [-0.15, -0.1) is 13.2 Å². The number of alkyl halides is 3. The summed E-state index contributed by atoms with van der Waals surface area (Å²) in [6, 6.07) is 10.7. The van der Waals surface area contributed by atoms with Crippen LogP contribution in [0.5, 0.6) is 11.5 Å². The van der Waals surface area contributed by atoms with Gasteiger partial charge in [0.25, 0.3) is 5.91 Å². The minimum atomic E-state index is -4.79. The Labute approximate surface area is 141 Å². The number of ether oxygens (including phenoxy) is 2. The molecule has 0 saturated heterocycles. The molecule has 2 N–H and O–H groups in total. The van der Waals surface area contributed by atoms with Gasteiger partial charge in [0.1, 0.15) is 11.5 Å². The van der Waals surface area contributed by atoms with Crippen LogP contribution in [-0.2, 0) is 4.79 Å². The van der Waals surface area contributed by atoms with Crippen molar-refractivity contribution in [2.24, 2.45) is 0 Å². The van der Waals surface area contributed by atoms with Crippen LogP contribution >= 0.6 is 0 Å². The van der Waals surface area contributed by atoms with Crippen LogP contribution in [0.25, 0.3) is 0 Å². The van der Waals surface area contributed by atoms with Crippen molar-refractivity contribution in [3.05, 3.63) is 48.0 Å². The average Bonchev–Trinajstić information content (AvgIpc) is 2.52. The van der Waals surface area contributed by atoms with Crippen molar-refractivity contribution in [1.29, 1.82) is 0 Å². The molecular formula is C17H15F3N2O3. The Hall–Kier alpha value is -2.90. The largest absolute Gasteiger partial charge is 0.573 e. The number of halogens is 3. The van der Waals surface area contributed by atoms with E-state index in [4.69, 9.17) is 4.74 Å². The van der Waals surface area contributed by atoms with Crippen molar-refractivity contribution < 1.29 is 27.4 Å². The number of hydrogen-bond acceptors (Lipinski definition) is 4. The average molecular weight is 352 g/mol. The van der Waals surface area contributed by atoms with Gasteiger partial charge in [-0.05, 0) is 36.8 Å². The predicted octanol–water partition coefficient (Wildman–Crippen LogP) is 3.71. The fraction of sp³-hybridized carbons (Fsp3) is 0.235. The molecule has 0 spiro atoms. The molecule has 0 aromatic heterocycles. The third kappa shape index (κ3) is 4.34. The zero-order chi connectivity index (χ0) is 18.0. The number of benzene rings is 2. The number of anilines is 2. The lowest BCUT2D eigenvalue weighted by atomic mass is 10.1. The number of hydrogen-bond donors (Lipinski definition) is 2. The minimum Gasteiger partial charge on any atom is -0.477 e. The number of nitrogens with one attached hydrogen (secondary N) is 2. The number of fused-ring (bicyclic) bond motifs is 1. The van der Waals surface area contributed by atoms with E-state index in [0.29, 0.717) is 5.75 Å². The molecule has 2 aromatic rings. The quantitative estimate of drug-likeness (QED) is 0.884. The van der Waals surface area contributed by atoms with Gasteiger partial charge in [0.2, 0.25) is 0 Å². The Balaban J connectivity index is 1.68. The Bertz CT molecular complexity index is 793. The van der Waals surface area contributed by atoms with E-state index in [0.717, 1.165) is 23.4 Å². The maximum Gasteiger partial charge on any atom is 0.573 e. The lowest BCUT2D eigenvalue weighted by molar-refractivity contribution is -0.274. The molecule has 1 unspecified atom stereocenters. The predicted molar refractivity (Wildman–Crippen MR) is 85.8 cm³/mol. The Morgan fingerprint density at radius 1 is 1.28 bits per heavy atom. The van der Waals surface area contributed by atoms with Crippen molar-refractivity contribution in [3.63, 3.8) is 0 Å². The molecule has 3 rings (SSSR count). The molecule has 25 heavy (non-hydrogen) atoms. The number of amides is 1. The first-order chi connectivity index (χ1) is 11.8. The highest BCUT2D eigenvalue weighted by Crippen LogP contribution is 2.30. The summed E-state index contributed by atoms with van der Waals surface area (Å²) in [7, 11) is 0. The molecule has 1 aliphatic rings. The smallest absolute Gasteiger partial charge is 0.477 e. The van der Waals surface area contributed by atoms with Crippen molar-refractivity contribution >= 4 is 17.3 Å². The van der Waals surface area contributed by atoms with Gasteiger partial charge in [-0.1, -0.05) is 12.1 Å². The molecule has 0 saturated carbocycles. The summed E-state index contributed by atoms with van der Waals surface area (Å²) in [5, 5.41) is 5.62. The van der Waals surface area contributed by atoms with Gasteiger partial charge in [0, 0.05) is 11.8 Å². The molecule has 0 aliphatic carbocycles. The molecule has 1 atom stereocenters. The standard InChI is InChI=1S/C17H15F3N2O3/c1-10-5-6-13-14(7-10)24-15(9-21-13)16(23)22-11-3-2-4-12(8-11)25-17(18,19)20/h2-8,15,21H,9H2,1H3,(H,22,23). The van der Waals surface area contributed by atoms with Crippen molar-refractivity contribution in [1.82, 2.24) is 0 Å². The topological polar surface area (TPSA) is 59.6 Å². The van der Waals surface area contributed by atoms with E-state index in [9.17, 15) is 18.0 Å². The monoisotopic (exact) mass is 352 g/mol. The molecular weight excluding hydrogens is 337 g/mol. The lowest BCUT2D eigenvalue weighted by Gasteiger charge is -2.26. The minimum absolute atomic E-state index is 0.186. The summed E-state index contributed by atoms with van der Waals surface area (Å²) >= 11 is 0. The van der Waals surface area contributed by atoms with Crippen molar-refractivity contribution in [3.8, 4) is 11.5 Å². The summed E-state index contributed by atoms with van der Waals surface area (Å²) in [4.78, 5) is 12.3. The van der Waals surface area contributed by atoms with Crippen LogP contribution in [-0.4, -0.2) is 24.9 Å². The van der Waals surface area contributed by atoms with Gasteiger partial charge < -0.3 is 20.1 Å². The summed E-state index contributed by atoms with van der Waals surface area (Å²) in [5.41, 5.74) is 1.96. The van der Waals surface area contributed by atoms with E-state index >= 15 is 0 Å². The maximum absolute atomic E-state index is 12.3. The number of rotatable bonds is 3.